The molecular formula is C16H17N3. The molecule has 3 aromatic rings. The van der Waals surface area contributed by atoms with Gasteiger partial charge in [-0.15, -0.1) is 0 Å². The molecule has 2 N–H and O–H groups in total. The highest BCUT2D eigenvalue weighted by Gasteiger charge is 2.13. The summed E-state index contributed by atoms with van der Waals surface area (Å²) >= 11 is 0. The van der Waals surface area contributed by atoms with Crippen molar-refractivity contribution < 1.29 is 0 Å². The smallest absolute Gasteiger partial charge is 0.131 e. The molecule has 3 nitrogen and oxygen atoms in total. The van der Waals surface area contributed by atoms with Crippen molar-refractivity contribution >= 4 is 16.6 Å². The second-order valence-corrected chi connectivity index (χ2v) is 5.01. The highest BCUT2D eigenvalue weighted by Crippen LogP contribution is 2.32. The number of nitrogens with zero attached hydrogens (tertiary/aromatic N) is 2. The van der Waals surface area contributed by atoms with Gasteiger partial charge in [-0.05, 0) is 24.6 Å². The van der Waals surface area contributed by atoms with E-state index in [4.69, 9.17) is 5.73 Å². The van der Waals surface area contributed by atoms with E-state index in [1.807, 2.05) is 29.1 Å². The van der Waals surface area contributed by atoms with Crippen LogP contribution in [0.3, 0.4) is 0 Å². The first kappa shape index (κ1) is 11.8. The Hall–Kier alpha value is -2.29. The zero-order valence-corrected chi connectivity index (χ0v) is 11.2. The molecule has 0 radical (unpaired) electrons. The van der Waals surface area contributed by atoms with Gasteiger partial charge >= 0.3 is 0 Å². The van der Waals surface area contributed by atoms with Crippen LogP contribution in [0.2, 0.25) is 0 Å². The molecule has 19 heavy (non-hydrogen) atoms. The van der Waals surface area contributed by atoms with Crippen LogP contribution < -0.4 is 5.73 Å². The fraction of sp³-hybridized carbons (Fsp3) is 0.188. The molecule has 0 saturated heterocycles. The van der Waals surface area contributed by atoms with E-state index < -0.39 is 0 Å². The second-order valence-electron chi connectivity index (χ2n) is 5.01. The van der Waals surface area contributed by atoms with Gasteiger partial charge in [0.2, 0.25) is 0 Å². The molecule has 0 unspecified atom stereocenters. The quantitative estimate of drug-likeness (QED) is 0.751. The molecule has 0 aliphatic carbocycles. The summed E-state index contributed by atoms with van der Waals surface area (Å²) in [6.07, 6.45) is 1.82. The van der Waals surface area contributed by atoms with E-state index in [9.17, 15) is 0 Å². The van der Waals surface area contributed by atoms with Crippen LogP contribution in [-0.2, 0) is 0 Å². The lowest BCUT2D eigenvalue weighted by atomic mass is 10.0. The first-order valence-electron chi connectivity index (χ1n) is 6.49. The summed E-state index contributed by atoms with van der Waals surface area (Å²) < 4.78 is 2.00. The van der Waals surface area contributed by atoms with E-state index in [2.05, 4.69) is 43.1 Å². The Bertz CT molecular complexity index is 720. The lowest BCUT2D eigenvalue weighted by Gasteiger charge is -2.10. The number of fused-ring (bicyclic) bond motifs is 1. The van der Waals surface area contributed by atoms with E-state index in [0.29, 0.717) is 6.04 Å². The van der Waals surface area contributed by atoms with Crippen molar-refractivity contribution in [2.24, 2.45) is 0 Å². The summed E-state index contributed by atoms with van der Waals surface area (Å²) in [6, 6.07) is 14.8. The number of benzene rings is 2. The van der Waals surface area contributed by atoms with E-state index in [0.717, 1.165) is 17.1 Å². The number of aromatic nitrogens is 2. The van der Waals surface area contributed by atoms with Crippen molar-refractivity contribution in [2.45, 2.75) is 19.9 Å². The summed E-state index contributed by atoms with van der Waals surface area (Å²) in [7, 11) is 0. The van der Waals surface area contributed by atoms with Crippen molar-refractivity contribution in [2.75, 3.05) is 5.73 Å². The zero-order valence-electron chi connectivity index (χ0n) is 11.2. The molecular weight excluding hydrogens is 234 g/mol. The van der Waals surface area contributed by atoms with Gasteiger partial charge in [0.05, 0.1) is 6.33 Å². The maximum atomic E-state index is 6.23. The summed E-state index contributed by atoms with van der Waals surface area (Å²) in [5.41, 5.74) is 8.19. The van der Waals surface area contributed by atoms with Crippen molar-refractivity contribution in [3.8, 4) is 11.3 Å². The standard InChI is InChI=1S/C16H17N3/c1-11(2)19-10-18-15(16(19)17)14-9-5-7-12-6-3-4-8-13(12)14/h3-11H,17H2,1-2H3. The van der Waals surface area contributed by atoms with Crippen LogP contribution in [0.25, 0.3) is 22.0 Å². The zero-order chi connectivity index (χ0) is 13.4. The van der Waals surface area contributed by atoms with Gasteiger partial charge in [-0.2, -0.15) is 0 Å². The fourth-order valence-electron chi connectivity index (χ4n) is 2.42. The molecule has 0 saturated carbocycles. The number of nitrogens with two attached hydrogens (primary N) is 1. The predicted molar refractivity (Wildman–Crippen MR) is 80.0 cm³/mol. The maximum Gasteiger partial charge on any atom is 0.131 e. The van der Waals surface area contributed by atoms with E-state index >= 15 is 0 Å². The van der Waals surface area contributed by atoms with Crippen LogP contribution in [0.1, 0.15) is 19.9 Å². The average Bonchev–Trinajstić information content (AvgIpc) is 2.80. The fourth-order valence-corrected chi connectivity index (χ4v) is 2.42. The Labute approximate surface area is 112 Å². The van der Waals surface area contributed by atoms with Crippen molar-refractivity contribution in [3.05, 3.63) is 48.8 Å². The first-order chi connectivity index (χ1) is 9.18. The van der Waals surface area contributed by atoms with Gasteiger partial charge < -0.3 is 10.3 Å². The molecule has 0 amide bonds. The lowest BCUT2D eigenvalue weighted by Crippen LogP contribution is -2.04. The molecule has 0 bridgehead atoms. The molecule has 96 valence electrons. The lowest BCUT2D eigenvalue weighted by molar-refractivity contribution is 0.607. The van der Waals surface area contributed by atoms with Crippen LogP contribution in [0.15, 0.2) is 48.8 Å². The Morgan fingerprint density at radius 2 is 1.79 bits per heavy atom. The van der Waals surface area contributed by atoms with Crippen molar-refractivity contribution in [1.29, 1.82) is 0 Å². The topological polar surface area (TPSA) is 43.8 Å². The maximum absolute atomic E-state index is 6.23. The molecule has 3 heteroatoms. The highest BCUT2D eigenvalue weighted by molar-refractivity contribution is 5.97. The number of hydrogen-bond donors (Lipinski definition) is 1. The highest BCUT2D eigenvalue weighted by atomic mass is 15.1. The molecule has 3 rings (SSSR count). The third-order valence-electron chi connectivity index (χ3n) is 3.43. The summed E-state index contributed by atoms with van der Waals surface area (Å²) in [5.74, 6) is 0.728. The van der Waals surface area contributed by atoms with Gasteiger partial charge in [0.15, 0.2) is 0 Å². The van der Waals surface area contributed by atoms with E-state index in [-0.39, 0.29) is 0 Å². The summed E-state index contributed by atoms with van der Waals surface area (Å²) in [5, 5.41) is 2.39. The predicted octanol–water partition coefficient (Wildman–Crippen LogP) is 3.87. The number of nitrogen functional groups attached to an aromatic ring is 1. The largest absolute Gasteiger partial charge is 0.383 e. The van der Waals surface area contributed by atoms with Crippen LogP contribution >= 0.6 is 0 Å². The molecule has 1 heterocycles. The van der Waals surface area contributed by atoms with Crippen molar-refractivity contribution in [3.63, 3.8) is 0 Å². The first-order valence-corrected chi connectivity index (χ1v) is 6.49. The van der Waals surface area contributed by atoms with Gasteiger partial charge in [0.1, 0.15) is 11.5 Å². The molecule has 0 fully saturated rings. The minimum Gasteiger partial charge on any atom is -0.383 e. The summed E-state index contributed by atoms with van der Waals surface area (Å²) in [4.78, 5) is 4.50. The van der Waals surface area contributed by atoms with Gasteiger partial charge in [-0.1, -0.05) is 42.5 Å². The van der Waals surface area contributed by atoms with E-state index in [1.54, 1.807) is 0 Å². The number of imidazole rings is 1. The Morgan fingerprint density at radius 3 is 2.53 bits per heavy atom. The second kappa shape index (κ2) is 4.43. The SMILES string of the molecule is CC(C)n1cnc(-c2cccc3ccccc23)c1N. The van der Waals surface area contributed by atoms with Gasteiger partial charge in [-0.3, -0.25) is 0 Å². The Balaban J connectivity index is 2.25. The summed E-state index contributed by atoms with van der Waals surface area (Å²) in [6.45, 7) is 4.20. The molecule has 0 atom stereocenters. The minimum atomic E-state index is 0.316. The van der Waals surface area contributed by atoms with Gasteiger partial charge in [-0.25, -0.2) is 4.98 Å². The average molecular weight is 251 g/mol. The molecule has 1 aromatic heterocycles. The monoisotopic (exact) mass is 251 g/mol. The molecule has 0 aliphatic rings. The van der Waals surface area contributed by atoms with Crippen molar-refractivity contribution in [1.82, 2.24) is 9.55 Å². The molecule has 0 aliphatic heterocycles. The number of hydrogen-bond acceptors (Lipinski definition) is 2. The Morgan fingerprint density at radius 1 is 1.05 bits per heavy atom. The Kier molecular flexibility index (Phi) is 2.75. The molecule has 0 spiro atoms. The van der Waals surface area contributed by atoms with Gasteiger partial charge in [0.25, 0.3) is 0 Å². The third kappa shape index (κ3) is 1.87. The van der Waals surface area contributed by atoms with E-state index in [1.165, 1.54) is 10.8 Å². The van der Waals surface area contributed by atoms with Crippen LogP contribution in [0, 0.1) is 0 Å². The molecule has 2 aromatic carbocycles. The van der Waals surface area contributed by atoms with Crippen LogP contribution in [0.4, 0.5) is 5.82 Å². The van der Waals surface area contributed by atoms with Gasteiger partial charge in [0, 0.05) is 11.6 Å². The van der Waals surface area contributed by atoms with Crippen LogP contribution in [0.5, 0.6) is 0 Å². The minimum absolute atomic E-state index is 0.316. The normalized spacial score (nSPS) is 11.3. The third-order valence-corrected chi connectivity index (χ3v) is 3.43. The number of anilines is 1. The number of rotatable bonds is 2. The van der Waals surface area contributed by atoms with Crippen LogP contribution in [-0.4, -0.2) is 9.55 Å².